The summed E-state index contributed by atoms with van der Waals surface area (Å²) in [6.07, 6.45) is 3.17. The van der Waals surface area contributed by atoms with Gasteiger partial charge in [0.2, 0.25) is 0 Å². The van der Waals surface area contributed by atoms with E-state index in [0.717, 1.165) is 25.9 Å². The average molecular weight is 125 g/mol. The van der Waals surface area contributed by atoms with Crippen molar-refractivity contribution < 1.29 is 4.79 Å². The fourth-order valence-corrected chi connectivity index (χ4v) is 1.88. The second-order valence-corrected chi connectivity index (χ2v) is 2.91. The van der Waals surface area contributed by atoms with Crippen LogP contribution in [0.3, 0.4) is 0 Å². The van der Waals surface area contributed by atoms with Crippen LogP contribution < -0.4 is 0 Å². The third-order valence-electron chi connectivity index (χ3n) is 2.38. The van der Waals surface area contributed by atoms with Gasteiger partial charge in [-0.2, -0.15) is 0 Å². The maximum atomic E-state index is 11.0. The van der Waals surface area contributed by atoms with Crippen molar-refractivity contribution in [3.63, 3.8) is 0 Å². The van der Waals surface area contributed by atoms with Gasteiger partial charge in [0, 0.05) is 13.0 Å². The molecule has 2 aliphatic heterocycles. The van der Waals surface area contributed by atoms with Gasteiger partial charge in [0.1, 0.15) is 0 Å². The monoisotopic (exact) mass is 125 g/mol. The molecule has 0 aromatic carbocycles. The Balaban J connectivity index is 2.15. The van der Waals surface area contributed by atoms with Crippen molar-refractivity contribution in [1.82, 2.24) is 4.90 Å². The first-order valence-electron chi connectivity index (χ1n) is 3.65. The van der Waals surface area contributed by atoms with E-state index in [4.69, 9.17) is 0 Å². The number of carbonyl (C=O) groups is 1. The first kappa shape index (κ1) is 5.42. The van der Waals surface area contributed by atoms with E-state index < -0.39 is 0 Å². The number of nitrogens with zero attached hydrogens (tertiary/aromatic N) is 1. The highest BCUT2D eigenvalue weighted by Crippen LogP contribution is 2.24. The predicted octanol–water partition coefficient (Wildman–Crippen LogP) is 0.424. The Hall–Kier alpha value is -0.370. The minimum atomic E-state index is 0.338. The highest BCUT2D eigenvalue weighted by atomic mass is 16.1. The fourth-order valence-electron chi connectivity index (χ4n) is 1.88. The molecule has 0 bridgehead atoms. The molecule has 0 aromatic heterocycles. The van der Waals surface area contributed by atoms with Crippen molar-refractivity contribution in [2.75, 3.05) is 13.1 Å². The van der Waals surface area contributed by atoms with Crippen LogP contribution in [-0.4, -0.2) is 29.8 Å². The second-order valence-electron chi connectivity index (χ2n) is 2.91. The molecule has 2 rings (SSSR count). The van der Waals surface area contributed by atoms with E-state index >= 15 is 0 Å². The van der Waals surface area contributed by atoms with Gasteiger partial charge in [-0.15, -0.1) is 0 Å². The van der Waals surface area contributed by atoms with Crippen LogP contribution in [0.1, 0.15) is 19.3 Å². The van der Waals surface area contributed by atoms with Gasteiger partial charge in [-0.1, -0.05) is 0 Å². The van der Waals surface area contributed by atoms with Crippen molar-refractivity contribution >= 4 is 5.78 Å². The first-order chi connectivity index (χ1) is 4.38. The van der Waals surface area contributed by atoms with Crippen molar-refractivity contribution in [2.24, 2.45) is 0 Å². The van der Waals surface area contributed by atoms with Gasteiger partial charge < -0.3 is 0 Å². The molecule has 2 heterocycles. The van der Waals surface area contributed by atoms with Gasteiger partial charge in [-0.3, -0.25) is 9.69 Å². The van der Waals surface area contributed by atoms with Crippen molar-refractivity contribution in [2.45, 2.75) is 25.3 Å². The van der Waals surface area contributed by atoms with Crippen molar-refractivity contribution in [3.8, 4) is 0 Å². The van der Waals surface area contributed by atoms with E-state index in [9.17, 15) is 4.79 Å². The lowest BCUT2D eigenvalue weighted by Crippen LogP contribution is -2.25. The summed E-state index contributed by atoms with van der Waals surface area (Å²) in [5, 5.41) is 0. The smallest absolute Gasteiger partial charge is 0.151 e. The average Bonchev–Trinajstić information content (AvgIpc) is 2.35. The highest BCUT2D eigenvalue weighted by Gasteiger charge is 2.35. The normalized spacial score (nSPS) is 35.6. The van der Waals surface area contributed by atoms with Crippen molar-refractivity contribution in [1.29, 1.82) is 0 Å². The topological polar surface area (TPSA) is 20.3 Å². The fraction of sp³-hybridized carbons (Fsp3) is 0.857. The molecule has 2 saturated heterocycles. The molecule has 9 heavy (non-hydrogen) atoms. The molecule has 2 fully saturated rings. The number of hydrogen-bond donors (Lipinski definition) is 0. The molecule has 1 unspecified atom stereocenters. The van der Waals surface area contributed by atoms with E-state index in [2.05, 4.69) is 4.90 Å². The molecule has 0 radical (unpaired) electrons. The molecule has 0 saturated carbocycles. The summed E-state index contributed by atoms with van der Waals surface area (Å²) < 4.78 is 0. The van der Waals surface area contributed by atoms with Gasteiger partial charge >= 0.3 is 0 Å². The van der Waals surface area contributed by atoms with Gasteiger partial charge in [-0.25, -0.2) is 0 Å². The lowest BCUT2D eigenvalue weighted by Gasteiger charge is -2.10. The molecule has 0 N–H and O–H groups in total. The minimum Gasteiger partial charge on any atom is -0.298 e. The zero-order valence-electron chi connectivity index (χ0n) is 5.47. The maximum Gasteiger partial charge on any atom is 0.151 e. The summed E-state index contributed by atoms with van der Waals surface area (Å²) in [4.78, 5) is 13.3. The van der Waals surface area contributed by atoms with E-state index in [-0.39, 0.29) is 0 Å². The number of ketones is 1. The lowest BCUT2D eigenvalue weighted by atomic mass is 10.1. The summed E-state index contributed by atoms with van der Waals surface area (Å²) in [5.41, 5.74) is 0. The van der Waals surface area contributed by atoms with Gasteiger partial charge in [-0.05, 0) is 19.4 Å². The third-order valence-corrected chi connectivity index (χ3v) is 2.38. The Morgan fingerprint density at radius 1 is 1.44 bits per heavy atom. The molecule has 2 aliphatic rings. The van der Waals surface area contributed by atoms with Crippen LogP contribution in [0.15, 0.2) is 0 Å². The van der Waals surface area contributed by atoms with Gasteiger partial charge in [0.15, 0.2) is 5.78 Å². The molecular formula is C7H11NO. The van der Waals surface area contributed by atoms with E-state index in [1.807, 2.05) is 0 Å². The van der Waals surface area contributed by atoms with Crippen LogP contribution in [0, 0.1) is 0 Å². The predicted molar refractivity (Wildman–Crippen MR) is 34.2 cm³/mol. The molecule has 1 atom stereocenters. The zero-order chi connectivity index (χ0) is 6.27. The number of fused-ring (bicyclic) bond motifs is 1. The molecule has 0 spiro atoms. The number of hydrogen-bond acceptors (Lipinski definition) is 2. The Bertz CT molecular complexity index is 144. The van der Waals surface area contributed by atoms with Gasteiger partial charge in [0.05, 0.1) is 6.04 Å². The SMILES string of the molecule is O=C1CCN2CCCC12. The first-order valence-corrected chi connectivity index (χ1v) is 3.65. The van der Waals surface area contributed by atoms with E-state index in [1.165, 1.54) is 6.42 Å². The number of rotatable bonds is 0. The summed E-state index contributed by atoms with van der Waals surface area (Å²) in [7, 11) is 0. The molecule has 0 aliphatic carbocycles. The van der Waals surface area contributed by atoms with Crippen LogP contribution in [0.5, 0.6) is 0 Å². The molecular weight excluding hydrogens is 114 g/mol. The van der Waals surface area contributed by atoms with Crippen LogP contribution >= 0.6 is 0 Å². The molecule has 0 aromatic rings. The maximum absolute atomic E-state index is 11.0. The second kappa shape index (κ2) is 1.81. The van der Waals surface area contributed by atoms with Crippen molar-refractivity contribution in [3.05, 3.63) is 0 Å². The highest BCUT2D eigenvalue weighted by molar-refractivity contribution is 5.86. The Morgan fingerprint density at radius 3 is 3.11 bits per heavy atom. The lowest BCUT2D eigenvalue weighted by molar-refractivity contribution is -0.119. The largest absolute Gasteiger partial charge is 0.298 e. The van der Waals surface area contributed by atoms with E-state index in [1.54, 1.807) is 0 Å². The van der Waals surface area contributed by atoms with Crippen LogP contribution in [-0.2, 0) is 4.79 Å². The molecule has 50 valence electrons. The van der Waals surface area contributed by atoms with Crippen LogP contribution in [0.4, 0.5) is 0 Å². The third kappa shape index (κ3) is 0.697. The summed E-state index contributed by atoms with van der Waals surface area (Å²) in [6.45, 7) is 2.19. The summed E-state index contributed by atoms with van der Waals surface area (Å²) >= 11 is 0. The Labute approximate surface area is 54.8 Å². The summed E-state index contributed by atoms with van der Waals surface area (Å²) in [6, 6.07) is 0.338. The summed E-state index contributed by atoms with van der Waals surface area (Å²) in [5.74, 6) is 0.479. The standard InChI is InChI=1S/C7H11NO/c9-7-3-5-8-4-1-2-6(7)8/h6H,1-5H2. The van der Waals surface area contributed by atoms with E-state index in [0.29, 0.717) is 11.8 Å². The van der Waals surface area contributed by atoms with Gasteiger partial charge in [0.25, 0.3) is 0 Å². The minimum absolute atomic E-state index is 0.338. The molecule has 2 nitrogen and oxygen atoms in total. The number of carbonyl (C=O) groups excluding carboxylic acids is 1. The van der Waals surface area contributed by atoms with Crippen LogP contribution in [0.2, 0.25) is 0 Å². The Morgan fingerprint density at radius 2 is 2.33 bits per heavy atom. The number of Topliss-reactive ketones (excluding diaryl/α,β-unsaturated/α-hetero) is 1. The zero-order valence-corrected chi connectivity index (χ0v) is 5.47. The van der Waals surface area contributed by atoms with Crippen LogP contribution in [0.25, 0.3) is 0 Å². The molecule has 2 heteroatoms. The molecule has 0 amide bonds. The Kier molecular flexibility index (Phi) is 1.09. The quantitative estimate of drug-likeness (QED) is 0.467.